The molecule has 0 saturated carbocycles. The zero-order valence-electron chi connectivity index (χ0n) is 18.7. The number of pyridine rings is 2. The number of rotatable bonds is 6. The van der Waals surface area contributed by atoms with Gasteiger partial charge in [0.15, 0.2) is 0 Å². The third-order valence-electron chi connectivity index (χ3n) is 5.86. The van der Waals surface area contributed by atoms with E-state index < -0.39 is 0 Å². The zero-order valence-corrected chi connectivity index (χ0v) is 19.5. The highest BCUT2D eigenvalue weighted by Crippen LogP contribution is 2.34. The van der Waals surface area contributed by atoms with Crippen molar-refractivity contribution >= 4 is 45.5 Å². The third kappa shape index (κ3) is 4.66. The molecule has 1 aliphatic heterocycles. The van der Waals surface area contributed by atoms with Gasteiger partial charge in [0.25, 0.3) is 0 Å². The van der Waals surface area contributed by atoms with Gasteiger partial charge in [-0.15, -0.1) is 0 Å². The van der Waals surface area contributed by atoms with Crippen LogP contribution in [0.5, 0.6) is 5.75 Å². The normalized spacial score (nSPS) is 13.4. The molecule has 1 amide bonds. The van der Waals surface area contributed by atoms with Crippen LogP contribution in [0.3, 0.4) is 0 Å². The predicted octanol–water partition coefficient (Wildman–Crippen LogP) is 5.03. The first kappa shape index (κ1) is 22.1. The van der Waals surface area contributed by atoms with Crippen LogP contribution in [0.4, 0.5) is 17.1 Å². The lowest BCUT2D eigenvalue weighted by Crippen LogP contribution is -2.37. The molecule has 4 aromatic rings. The average Bonchev–Trinajstić information content (AvgIpc) is 2.85. The van der Waals surface area contributed by atoms with Gasteiger partial charge < -0.3 is 15.4 Å². The van der Waals surface area contributed by atoms with Crippen LogP contribution >= 0.6 is 11.6 Å². The molecule has 0 fully saturated rings. The van der Waals surface area contributed by atoms with E-state index in [2.05, 4.69) is 26.6 Å². The summed E-state index contributed by atoms with van der Waals surface area (Å²) >= 11 is 6.10. The lowest BCUT2D eigenvalue weighted by molar-refractivity contribution is -0.117. The highest BCUT2D eigenvalue weighted by atomic mass is 35.5. The topological polar surface area (TPSA) is 79.4 Å². The van der Waals surface area contributed by atoms with Gasteiger partial charge in [-0.1, -0.05) is 29.8 Å². The maximum absolute atomic E-state index is 12.9. The fourth-order valence-electron chi connectivity index (χ4n) is 4.28. The minimum absolute atomic E-state index is 0.125. The Balaban J connectivity index is 1.40. The van der Waals surface area contributed by atoms with Gasteiger partial charge in [-0.3, -0.25) is 19.7 Å². The number of carbonyl (C=O) groups is 1. The standard InChI is InChI=1S/C26H24ClN5O2/c1-34-24-9-8-17(27)13-23(24)31-25(33)16-32-12-10-22-20(15-32)26(29-18-5-4-11-28-14-18)19-6-2-3-7-21(19)30-22/h2-9,11,13-14H,10,12,15-16H2,1H3,(H,29,30)(H,31,33). The summed E-state index contributed by atoms with van der Waals surface area (Å²) in [6, 6.07) is 17.2. The second-order valence-electron chi connectivity index (χ2n) is 8.15. The predicted molar refractivity (Wildman–Crippen MR) is 135 cm³/mol. The van der Waals surface area contributed by atoms with E-state index in [-0.39, 0.29) is 12.5 Å². The van der Waals surface area contributed by atoms with Gasteiger partial charge in [0.05, 0.1) is 42.4 Å². The Morgan fingerprint density at radius 2 is 2.06 bits per heavy atom. The van der Waals surface area contributed by atoms with Crippen molar-refractivity contribution < 1.29 is 9.53 Å². The van der Waals surface area contributed by atoms with E-state index in [9.17, 15) is 4.79 Å². The Labute approximate surface area is 202 Å². The first-order valence-electron chi connectivity index (χ1n) is 11.0. The first-order valence-corrected chi connectivity index (χ1v) is 11.4. The summed E-state index contributed by atoms with van der Waals surface area (Å²) in [5.74, 6) is 0.444. The molecule has 7 nitrogen and oxygen atoms in total. The lowest BCUT2D eigenvalue weighted by Gasteiger charge is -2.30. The summed E-state index contributed by atoms with van der Waals surface area (Å²) < 4.78 is 5.34. The summed E-state index contributed by atoms with van der Waals surface area (Å²) in [7, 11) is 1.56. The summed E-state index contributed by atoms with van der Waals surface area (Å²) in [6.07, 6.45) is 4.31. The molecule has 172 valence electrons. The van der Waals surface area contributed by atoms with Crippen LogP contribution in [0.2, 0.25) is 5.02 Å². The molecule has 0 bridgehead atoms. The van der Waals surface area contributed by atoms with Crippen molar-refractivity contribution in [3.8, 4) is 5.75 Å². The highest BCUT2D eigenvalue weighted by Gasteiger charge is 2.24. The molecule has 2 aromatic heterocycles. The molecule has 0 spiro atoms. The largest absolute Gasteiger partial charge is 0.495 e. The third-order valence-corrected chi connectivity index (χ3v) is 6.09. The summed E-state index contributed by atoms with van der Waals surface area (Å²) in [5.41, 5.74) is 5.58. The molecule has 0 saturated heterocycles. The summed E-state index contributed by atoms with van der Waals surface area (Å²) in [6.45, 7) is 1.59. The number of benzene rings is 2. The average molecular weight is 474 g/mol. The minimum Gasteiger partial charge on any atom is -0.495 e. The number of amides is 1. The Hall–Kier alpha value is -3.68. The molecule has 2 N–H and O–H groups in total. The molecule has 0 radical (unpaired) electrons. The van der Waals surface area contributed by atoms with Crippen molar-refractivity contribution in [3.05, 3.63) is 83.3 Å². The van der Waals surface area contributed by atoms with Crippen molar-refractivity contribution in [3.63, 3.8) is 0 Å². The Bertz CT molecular complexity index is 1350. The number of halogens is 1. The van der Waals surface area contributed by atoms with Crippen LogP contribution in [0.15, 0.2) is 67.0 Å². The van der Waals surface area contributed by atoms with E-state index >= 15 is 0 Å². The molecule has 0 unspecified atom stereocenters. The fourth-order valence-corrected chi connectivity index (χ4v) is 4.45. The molecule has 5 rings (SSSR count). The van der Waals surface area contributed by atoms with Gasteiger partial charge in [0.2, 0.25) is 5.91 Å². The number of nitrogens with one attached hydrogen (secondary N) is 2. The summed E-state index contributed by atoms with van der Waals surface area (Å²) in [5, 5.41) is 8.05. The molecule has 2 aromatic carbocycles. The number of aromatic nitrogens is 2. The molecular weight excluding hydrogens is 450 g/mol. The molecule has 0 atom stereocenters. The Morgan fingerprint density at radius 1 is 1.18 bits per heavy atom. The van der Waals surface area contributed by atoms with Crippen molar-refractivity contribution in [2.45, 2.75) is 13.0 Å². The van der Waals surface area contributed by atoms with Crippen LogP contribution < -0.4 is 15.4 Å². The number of fused-ring (bicyclic) bond motifs is 2. The van der Waals surface area contributed by atoms with E-state index in [0.29, 0.717) is 23.0 Å². The molecule has 0 aliphatic carbocycles. The van der Waals surface area contributed by atoms with Gasteiger partial charge in [-0.2, -0.15) is 0 Å². The SMILES string of the molecule is COc1ccc(Cl)cc1NC(=O)CN1CCc2nc3ccccc3c(Nc3cccnc3)c2C1. The van der Waals surface area contributed by atoms with Gasteiger partial charge in [-0.25, -0.2) is 0 Å². The smallest absolute Gasteiger partial charge is 0.238 e. The van der Waals surface area contributed by atoms with Gasteiger partial charge in [0.1, 0.15) is 5.75 Å². The van der Waals surface area contributed by atoms with Gasteiger partial charge >= 0.3 is 0 Å². The van der Waals surface area contributed by atoms with Gasteiger partial charge in [0, 0.05) is 47.4 Å². The second-order valence-corrected chi connectivity index (χ2v) is 8.59. The van der Waals surface area contributed by atoms with Crippen molar-refractivity contribution in [2.24, 2.45) is 0 Å². The number of para-hydroxylation sites is 1. The minimum atomic E-state index is -0.125. The number of nitrogens with zero attached hydrogens (tertiary/aromatic N) is 3. The second kappa shape index (κ2) is 9.67. The van der Waals surface area contributed by atoms with Crippen LogP contribution in [0, 0.1) is 0 Å². The maximum atomic E-state index is 12.9. The summed E-state index contributed by atoms with van der Waals surface area (Å²) in [4.78, 5) is 24.1. The van der Waals surface area contributed by atoms with Crippen LogP contribution in [-0.4, -0.2) is 41.0 Å². The van der Waals surface area contributed by atoms with Crippen molar-refractivity contribution in [1.29, 1.82) is 0 Å². The molecular formula is C26H24ClN5O2. The van der Waals surface area contributed by atoms with Crippen molar-refractivity contribution in [2.75, 3.05) is 30.8 Å². The number of hydrogen-bond acceptors (Lipinski definition) is 6. The van der Waals surface area contributed by atoms with Crippen molar-refractivity contribution in [1.82, 2.24) is 14.9 Å². The van der Waals surface area contributed by atoms with Crippen LogP contribution in [-0.2, 0) is 17.8 Å². The number of methoxy groups -OCH3 is 1. The van der Waals surface area contributed by atoms with Crippen LogP contribution in [0.1, 0.15) is 11.3 Å². The Kier molecular flexibility index (Phi) is 6.29. The monoisotopic (exact) mass is 473 g/mol. The quantitative estimate of drug-likeness (QED) is 0.409. The lowest BCUT2D eigenvalue weighted by atomic mass is 9.99. The number of ether oxygens (including phenoxy) is 1. The number of hydrogen-bond donors (Lipinski definition) is 2. The molecule has 1 aliphatic rings. The fraction of sp³-hybridized carbons (Fsp3) is 0.192. The maximum Gasteiger partial charge on any atom is 0.238 e. The number of anilines is 3. The van der Waals surface area contributed by atoms with E-state index in [1.165, 1.54) is 0 Å². The first-order chi connectivity index (χ1) is 16.6. The molecule has 3 heterocycles. The molecule has 34 heavy (non-hydrogen) atoms. The Morgan fingerprint density at radius 3 is 2.88 bits per heavy atom. The van der Waals surface area contributed by atoms with Crippen LogP contribution in [0.25, 0.3) is 10.9 Å². The van der Waals surface area contributed by atoms with E-state index in [1.54, 1.807) is 37.7 Å². The van der Waals surface area contributed by atoms with Gasteiger partial charge in [-0.05, 0) is 36.4 Å². The van der Waals surface area contributed by atoms with E-state index in [1.807, 2.05) is 30.3 Å². The van der Waals surface area contributed by atoms with E-state index in [0.717, 1.165) is 46.5 Å². The highest BCUT2D eigenvalue weighted by molar-refractivity contribution is 6.31. The molecule has 8 heteroatoms. The number of carbonyl (C=O) groups excluding carboxylic acids is 1. The van der Waals surface area contributed by atoms with E-state index in [4.69, 9.17) is 21.3 Å². The zero-order chi connectivity index (χ0) is 23.5.